The highest BCUT2D eigenvalue weighted by atomic mass is 32.1. The summed E-state index contributed by atoms with van der Waals surface area (Å²) in [4.78, 5) is 29.4. The third-order valence-corrected chi connectivity index (χ3v) is 4.88. The monoisotopic (exact) mass is 384 g/mol. The second-order valence-electron chi connectivity index (χ2n) is 7.45. The van der Waals surface area contributed by atoms with Gasteiger partial charge in [-0.15, -0.1) is 11.3 Å². The van der Waals surface area contributed by atoms with E-state index in [1.807, 2.05) is 67.2 Å². The maximum absolute atomic E-state index is 12.1. The van der Waals surface area contributed by atoms with E-state index in [9.17, 15) is 9.59 Å². The van der Waals surface area contributed by atoms with E-state index in [2.05, 4.69) is 15.6 Å². The van der Waals surface area contributed by atoms with Crippen LogP contribution in [-0.2, 0) is 9.59 Å². The fourth-order valence-corrected chi connectivity index (χ4v) is 3.23. The molecule has 1 aromatic carbocycles. The normalized spacial score (nSPS) is 11.5. The van der Waals surface area contributed by atoms with Crippen LogP contribution in [0.2, 0.25) is 0 Å². The average molecular weight is 385 g/mol. The molecule has 7 heteroatoms. The standard InChI is InChI=1S/C20H24N4O2S/c1-20(2,3)18(26)21-10-4-5-17(25)22-15-8-6-14(7-9-15)16-13-24-11-12-27-19(24)23-16/h6-9,11-13H,4-5,10H2,1-3H3,(H,21,26)(H,22,25). The van der Waals surface area contributed by atoms with E-state index in [0.29, 0.717) is 19.4 Å². The number of amides is 2. The number of hydrogen-bond donors (Lipinski definition) is 2. The van der Waals surface area contributed by atoms with Crippen molar-refractivity contribution in [3.05, 3.63) is 42.0 Å². The SMILES string of the molecule is CC(C)(C)C(=O)NCCCC(=O)Nc1ccc(-c2cn3ccsc3n2)cc1. The third-order valence-electron chi connectivity index (χ3n) is 4.11. The van der Waals surface area contributed by atoms with Crippen LogP contribution in [-0.4, -0.2) is 27.7 Å². The van der Waals surface area contributed by atoms with Gasteiger partial charge in [0.05, 0.1) is 5.69 Å². The first-order chi connectivity index (χ1) is 12.8. The van der Waals surface area contributed by atoms with E-state index >= 15 is 0 Å². The molecule has 3 aromatic rings. The van der Waals surface area contributed by atoms with E-state index in [0.717, 1.165) is 21.9 Å². The number of imidazole rings is 1. The van der Waals surface area contributed by atoms with Crippen LogP contribution in [0.15, 0.2) is 42.0 Å². The van der Waals surface area contributed by atoms with Crippen LogP contribution in [0, 0.1) is 5.41 Å². The topological polar surface area (TPSA) is 75.5 Å². The van der Waals surface area contributed by atoms with Crippen molar-refractivity contribution in [3.8, 4) is 11.3 Å². The molecule has 27 heavy (non-hydrogen) atoms. The summed E-state index contributed by atoms with van der Waals surface area (Å²) in [6.45, 7) is 6.10. The van der Waals surface area contributed by atoms with Gasteiger partial charge in [-0.2, -0.15) is 0 Å². The summed E-state index contributed by atoms with van der Waals surface area (Å²) >= 11 is 1.60. The number of fused-ring (bicyclic) bond motifs is 1. The minimum absolute atomic E-state index is 0.00218. The molecule has 0 aliphatic carbocycles. The van der Waals surface area contributed by atoms with Gasteiger partial charge in [0.1, 0.15) is 0 Å². The zero-order valence-corrected chi connectivity index (χ0v) is 16.6. The molecule has 0 spiro atoms. The lowest BCUT2D eigenvalue weighted by atomic mass is 9.96. The van der Waals surface area contributed by atoms with E-state index in [1.165, 1.54) is 0 Å². The molecule has 2 N–H and O–H groups in total. The summed E-state index contributed by atoms with van der Waals surface area (Å²) in [7, 11) is 0. The second-order valence-corrected chi connectivity index (χ2v) is 8.33. The van der Waals surface area contributed by atoms with Gasteiger partial charge < -0.3 is 10.6 Å². The first kappa shape index (κ1) is 19.1. The number of hydrogen-bond acceptors (Lipinski definition) is 4. The first-order valence-electron chi connectivity index (χ1n) is 8.94. The Balaban J connectivity index is 1.47. The minimum atomic E-state index is -0.409. The third kappa shape index (κ3) is 4.95. The summed E-state index contributed by atoms with van der Waals surface area (Å²) in [6.07, 6.45) is 4.95. The molecule has 0 atom stereocenters. The van der Waals surface area contributed by atoms with Crippen molar-refractivity contribution in [1.82, 2.24) is 14.7 Å². The number of anilines is 1. The highest BCUT2D eigenvalue weighted by Crippen LogP contribution is 2.23. The van der Waals surface area contributed by atoms with Gasteiger partial charge in [-0.1, -0.05) is 32.9 Å². The smallest absolute Gasteiger partial charge is 0.225 e. The highest BCUT2D eigenvalue weighted by molar-refractivity contribution is 7.15. The number of rotatable bonds is 6. The Hall–Kier alpha value is -2.67. The molecule has 142 valence electrons. The van der Waals surface area contributed by atoms with Crippen molar-refractivity contribution < 1.29 is 9.59 Å². The van der Waals surface area contributed by atoms with Crippen molar-refractivity contribution in [3.63, 3.8) is 0 Å². The van der Waals surface area contributed by atoms with Crippen LogP contribution in [0.1, 0.15) is 33.6 Å². The van der Waals surface area contributed by atoms with Crippen LogP contribution >= 0.6 is 11.3 Å². The van der Waals surface area contributed by atoms with Gasteiger partial charge in [0, 0.05) is 47.4 Å². The number of carbonyl (C=O) groups is 2. The van der Waals surface area contributed by atoms with E-state index < -0.39 is 5.41 Å². The van der Waals surface area contributed by atoms with Gasteiger partial charge >= 0.3 is 0 Å². The molecular formula is C20H24N4O2S. The van der Waals surface area contributed by atoms with E-state index in [1.54, 1.807) is 11.3 Å². The van der Waals surface area contributed by atoms with Gasteiger partial charge in [-0.3, -0.25) is 14.0 Å². The van der Waals surface area contributed by atoms with Crippen LogP contribution < -0.4 is 10.6 Å². The molecule has 0 unspecified atom stereocenters. The maximum atomic E-state index is 12.1. The van der Waals surface area contributed by atoms with Gasteiger partial charge in [0.25, 0.3) is 0 Å². The van der Waals surface area contributed by atoms with Crippen molar-refractivity contribution in [1.29, 1.82) is 0 Å². The first-order valence-corrected chi connectivity index (χ1v) is 9.82. The molecule has 6 nitrogen and oxygen atoms in total. The van der Waals surface area contributed by atoms with Crippen molar-refractivity contribution in [2.24, 2.45) is 5.41 Å². The summed E-state index contributed by atoms with van der Waals surface area (Å²) in [5, 5.41) is 7.73. The number of carbonyl (C=O) groups excluding carboxylic acids is 2. The van der Waals surface area contributed by atoms with E-state index in [-0.39, 0.29) is 11.8 Å². The largest absolute Gasteiger partial charge is 0.356 e. The zero-order chi connectivity index (χ0) is 19.4. The predicted molar refractivity (Wildman–Crippen MR) is 109 cm³/mol. The quantitative estimate of drug-likeness (QED) is 0.632. The maximum Gasteiger partial charge on any atom is 0.225 e. The molecular weight excluding hydrogens is 360 g/mol. The molecule has 2 amide bonds. The Kier molecular flexibility index (Phi) is 5.60. The van der Waals surface area contributed by atoms with Crippen molar-refractivity contribution in [2.75, 3.05) is 11.9 Å². The molecule has 3 rings (SSSR count). The summed E-state index contributed by atoms with van der Waals surface area (Å²) < 4.78 is 1.99. The summed E-state index contributed by atoms with van der Waals surface area (Å²) in [6, 6.07) is 7.65. The van der Waals surface area contributed by atoms with Gasteiger partial charge in [-0.05, 0) is 18.6 Å². The molecule has 2 aromatic heterocycles. The van der Waals surface area contributed by atoms with Crippen LogP contribution in [0.5, 0.6) is 0 Å². The fraction of sp³-hybridized carbons (Fsp3) is 0.350. The molecule has 0 aliphatic rings. The molecule has 0 saturated heterocycles. The molecule has 0 radical (unpaired) electrons. The average Bonchev–Trinajstić information content (AvgIpc) is 3.20. The Morgan fingerprint density at radius 3 is 2.59 bits per heavy atom. The zero-order valence-electron chi connectivity index (χ0n) is 15.8. The Labute approximate surface area is 162 Å². The molecule has 0 saturated carbocycles. The number of benzene rings is 1. The van der Waals surface area contributed by atoms with Crippen molar-refractivity contribution >= 4 is 33.8 Å². The molecule has 0 fully saturated rings. The lowest BCUT2D eigenvalue weighted by molar-refractivity contribution is -0.128. The minimum Gasteiger partial charge on any atom is -0.356 e. The van der Waals surface area contributed by atoms with Crippen LogP contribution in [0.25, 0.3) is 16.2 Å². The summed E-state index contributed by atoms with van der Waals surface area (Å²) in [5.74, 6) is -0.0621. The Morgan fingerprint density at radius 2 is 1.93 bits per heavy atom. The Bertz CT molecular complexity index is 906. The number of aromatic nitrogens is 2. The summed E-state index contributed by atoms with van der Waals surface area (Å²) in [5.41, 5.74) is 2.26. The van der Waals surface area contributed by atoms with Gasteiger partial charge in [0.2, 0.25) is 11.8 Å². The number of nitrogens with zero attached hydrogens (tertiary/aromatic N) is 2. The lowest BCUT2D eigenvalue weighted by Crippen LogP contribution is -2.35. The molecule has 0 aliphatic heterocycles. The fourth-order valence-electron chi connectivity index (χ4n) is 2.53. The number of nitrogens with one attached hydrogen (secondary N) is 2. The van der Waals surface area contributed by atoms with Crippen molar-refractivity contribution in [2.45, 2.75) is 33.6 Å². The van der Waals surface area contributed by atoms with Gasteiger partial charge in [-0.25, -0.2) is 4.98 Å². The number of thiazole rings is 1. The second kappa shape index (κ2) is 7.92. The molecule has 2 heterocycles. The highest BCUT2D eigenvalue weighted by Gasteiger charge is 2.20. The van der Waals surface area contributed by atoms with Crippen LogP contribution in [0.3, 0.4) is 0 Å². The molecule has 0 bridgehead atoms. The van der Waals surface area contributed by atoms with E-state index in [4.69, 9.17) is 0 Å². The Morgan fingerprint density at radius 1 is 1.19 bits per heavy atom. The predicted octanol–water partition coefficient (Wildman–Crippen LogP) is 3.94. The van der Waals surface area contributed by atoms with Crippen LogP contribution in [0.4, 0.5) is 5.69 Å². The lowest BCUT2D eigenvalue weighted by Gasteiger charge is -2.17. The van der Waals surface area contributed by atoms with Gasteiger partial charge in [0.15, 0.2) is 4.96 Å².